The second kappa shape index (κ2) is 4.99. The minimum atomic E-state index is 0.743. The fourth-order valence-electron chi connectivity index (χ4n) is 1.68. The van der Waals surface area contributed by atoms with E-state index in [1.807, 2.05) is 42.6 Å². The zero-order valence-electron chi connectivity index (χ0n) is 9.90. The summed E-state index contributed by atoms with van der Waals surface area (Å²) in [6.45, 7) is 11.4. The largest absolute Gasteiger partial charge is 0.237 e. The molecule has 0 bridgehead atoms. The van der Waals surface area contributed by atoms with Crippen molar-refractivity contribution in [3.63, 3.8) is 0 Å². The van der Waals surface area contributed by atoms with Crippen LogP contribution in [-0.4, -0.2) is 0 Å². The predicted molar refractivity (Wildman–Crippen MR) is 74.6 cm³/mol. The Hall–Kier alpha value is -1.85. The van der Waals surface area contributed by atoms with Crippen LogP contribution in [0.5, 0.6) is 0 Å². The molecule has 0 spiro atoms. The molecule has 0 unspecified atom stereocenters. The van der Waals surface area contributed by atoms with Crippen LogP contribution in [0.4, 0.5) is 0 Å². The van der Waals surface area contributed by atoms with Gasteiger partial charge >= 0.3 is 0 Å². The second-order valence-electron chi connectivity index (χ2n) is 3.93. The molecule has 17 heavy (non-hydrogen) atoms. The summed E-state index contributed by atoms with van der Waals surface area (Å²) in [4.78, 5) is 4.84. The summed E-state index contributed by atoms with van der Waals surface area (Å²) < 4.78 is 0. The van der Waals surface area contributed by atoms with E-state index in [1.165, 1.54) is 5.56 Å². The van der Waals surface area contributed by atoms with Crippen LogP contribution in [0.3, 0.4) is 0 Å². The smallest absolute Gasteiger partial charge is 0.198 e. The van der Waals surface area contributed by atoms with E-state index in [2.05, 4.69) is 17.8 Å². The Morgan fingerprint density at radius 2 is 1.88 bits per heavy atom. The van der Waals surface area contributed by atoms with Gasteiger partial charge in [-0.2, -0.15) is 0 Å². The van der Waals surface area contributed by atoms with Gasteiger partial charge in [-0.3, -0.25) is 0 Å². The summed E-state index contributed by atoms with van der Waals surface area (Å²) in [5, 5.41) is 2.04. The van der Waals surface area contributed by atoms with Gasteiger partial charge in [-0.05, 0) is 36.4 Å². The Kier molecular flexibility index (Phi) is 3.41. The van der Waals surface area contributed by atoms with Crippen LogP contribution in [0.15, 0.2) is 41.8 Å². The minimum absolute atomic E-state index is 0.743. The molecule has 0 radical (unpaired) electrons. The summed E-state index contributed by atoms with van der Waals surface area (Å²) in [6, 6.07) is 12.2. The van der Waals surface area contributed by atoms with Crippen LogP contribution < -0.4 is 0 Å². The topological polar surface area (TPSA) is 4.36 Å². The van der Waals surface area contributed by atoms with Gasteiger partial charge in [0, 0.05) is 4.88 Å². The summed E-state index contributed by atoms with van der Waals surface area (Å²) >= 11 is 1.67. The van der Waals surface area contributed by atoms with Crippen LogP contribution in [0.2, 0.25) is 0 Å². The van der Waals surface area contributed by atoms with Crippen molar-refractivity contribution in [1.29, 1.82) is 0 Å². The van der Waals surface area contributed by atoms with Crippen LogP contribution in [-0.2, 0) is 0 Å². The van der Waals surface area contributed by atoms with Crippen molar-refractivity contribution in [2.24, 2.45) is 0 Å². The summed E-state index contributed by atoms with van der Waals surface area (Å²) in [5.74, 6) is 0. The first kappa shape index (κ1) is 11.6. The van der Waals surface area contributed by atoms with Crippen molar-refractivity contribution >= 4 is 22.6 Å². The number of aryl methyl sites for hydroxylation is 1. The Bertz CT molecular complexity index is 568. The highest BCUT2D eigenvalue weighted by atomic mass is 32.1. The molecule has 0 aliphatic heterocycles. The van der Waals surface area contributed by atoms with Gasteiger partial charge in [0.2, 0.25) is 0 Å². The van der Waals surface area contributed by atoms with E-state index in [9.17, 15) is 0 Å². The number of hydrogen-bond acceptors (Lipinski definition) is 1. The van der Waals surface area contributed by atoms with E-state index >= 15 is 0 Å². The van der Waals surface area contributed by atoms with Crippen LogP contribution in [0, 0.1) is 13.5 Å². The standard InChI is InChI=1S/C15H13NS/c1-11-6-8-13(9-7-11)15(16-3)12(2)14-5-4-10-17-14/h4-10H,1-2H3/b15-12-. The average Bonchev–Trinajstić information content (AvgIpc) is 2.86. The lowest BCUT2D eigenvalue weighted by molar-refractivity contribution is 1.45. The van der Waals surface area contributed by atoms with E-state index in [0.717, 1.165) is 21.7 Å². The van der Waals surface area contributed by atoms with Crippen LogP contribution in [0.25, 0.3) is 16.1 Å². The molecule has 0 atom stereocenters. The third-order valence-electron chi connectivity index (χ3n) is 2.68. The summed E-state index contributed by atoms with van der Waals surface area (Å²) in [6.07, 6.45) is 0. The van der Waals surface area contributed by atoms with Gasteiger partial charge in [0.1, 0.15) is 0 Å². The Labute approximate surface area is 106 Å². The lowest BCUT2D eigenvalue weighted by Crippen LogP contribution is -1.84. The van der Waals surface area contributed by atoms with Crippen molar-refractivity contribution < 1.29 is 0 Å². The maximum absolute atomic E-state index is 7.36. The molecule has 1 aromatic heterocycles. The van der Waals surface area contributed by atoms with Gasteiger partial charge in [-0.25, -0.2) is 4.85 Å². The van der Waals surface area contributed by atoms with Gasteiger partial charge in [0.25, 0.3) is 0 Å². The Balaban J connectivity index is 2.51. The molecule has 0 saturated carbocycles. The number of thiophene rings is 1. The SMILES string of the molecule is [C-]#[N+]/C(=C(/C)c1cccs1)c1ccc(C)cc1. The predicted octanol–water partition coefficient (Wildman–Crippen LogP) is 4.86. The Morgan fingerprint density at radius 3 is 2.41 bits per heavy atom. The molecule has 2 aromatic rings. The highest BCUT2D eigenvalue weighted by Crippen LogP contribution is 2.29. The number of rotatable bonds is 2. The van der Waals surface area contributed by atoms with Crippen molar-refractivity contribution in [3.05, 3.63) is 69.2 Å². The first-order valence-corrected chi connectivity index (χ1v) is 6.29. The molecule has 2 rings (SSSR count). The molecule has 0 amide bonds. The van der Waals surface area contributed by atoms with Gasteiger partial charge in [-0.1, -0.05) is 35.9 Å². The molecular formula is C15H13NS. The summed E-state index contributed by atoms with van der Waals surface area (Å²) in [7, 11) is 0. The van der Waals surface area contributed by atoms with E-state index < -0.39 is 0 Å². The fourth-order valence-corrected chi connectivity index (χ4v) is 2.42. The quantitative estimate of drug-likeness (QED) is 0.659. The maximum atomic E-state index is 7.36. The lowest BCUT2D eigenvalue weighted by atomic mass is 10.1. The monoisotopic (exact) mass is 239 g/mol. The van der Waals surface area contributed by atoms with Crippen LogP contribution >= 0.6 is 11.3 Å². The molecule has 1 nitrogen and oxygen atoms in total. The van der Waals surface area contributed by atoms with Crippen molar-refractivity contribution in [3.8, 4) is 0 Å². The van der Waals surface area contributed by atoms with Gasteiger partial charge in [0.15, 0.2) is 5.70 Å². The molecule has 0 aliphatic rings. The molecular weight excluding hydrogens is 226 g/mol. The maximum Gasteiger partial charge on any atom is 0.198 e. The first-order chi connectivity index (χ1) is 8.22. The van der Waals surface area contributed by atoms with Crippen molar-refractivity contribution in [1.82, 2.24) is 0 Å². The third-order valence-corrected chi connectivity index (χ3v) is 3.67. The first-order valence-electron chi connectivity index (χ1n) is 5.41. The molecule has 1 aromatic carbocycles. The third kappa shape index (κ3) is 2.46. The van der Waals surface area contributed by atoms with Crippen LogP contribution in [0.1, 0.15) is 22.9 Å². The number of benzene rings is 1. The second-order valence-corrected chi connectivity index (χ2v) is 4.88. The van der Waals surface area contributed by atoms with E-state index in [4.69, 9.17) is 6.57 Å². The fraction of sp³-hybridized carbons (Fsp3) is 0.133. The number of hydrogen-bond donors (Lipinski definition) is 0. The lowest BCUT2D eigenvalue weighted by Gasteiger charge is -2.04. The summed E-state index contributed by atoms with van der Waals surface area (Å²) in [5.41, 5.74) is 4.01. The van der Waals surface area contributed by atoms with Crippen molar-refractivity contribution in [2.45, 2.75) is 13.8 Å². The van der Waals surface area contributed by atoms with Crippen molar-refractivity contribution in [2.75, 3.05) is 0 Å². The average molecular weight is 239 g/mol. The molecule has 1 heterocycles. The van der Waals surface area contributed by atoms with E-state index in [0.29, 0.717) is 0 Å². The molecule has 2 heteroatoms. The molecule has 84 valence electrons. The van der Waals surface area contributed by atoms with Gasteiger partial charge in [-0.15, -0.1) is 11.3 Å². The number of allylic oxidation sites excluding steroid dienone is 1. The zero-order chi connectivity index (χ0) is 12.3. The molecule has 0 N–H and O–H groups in total. The minimum Gasteiger partial charge on any atom is -0.237 e. The van der Waals surface area contributed by atoms with E-state index in [1.54, 1.807) is 11.3 Å². The normalized spacial score (nSPS) is 11.8. The van der Waals surface area contributed by atoms with Gasteiger partial charge < -0.3 is 0 Å². The highest BCUT2D eigenvalue weighted by Gasteiger charge is 2.08. The molecule has 0 fully saturated rings. The number of nitrogens with zero attached hydrogens (tertiary/aromatic N) is 1. The highest BCUT2D eigenvalue weighted by molar-refractivity contribution is 7.11. The zero-order valence-corrected chi connectivity index (χ0v) is 10.7. The Morgan fingerprint density at radius 1 is 1.18 bits per heavy atom. The van der Waals surface area contributed by atoms with E-state index in [-0.39, 0.29) is 0 Å². The molecule has 0 saturated heterocycles. The van der Waals surface area contributed by atoms with Gasteiger partial charge in [0.05, 0.1) is 6.57 Å². The molecule has 0 aliphatic carbocycles.